The van der Waals surface area contributed by atoms with Crippen LogP contribution in [0.2, 0.25) is 0 Å². The molecule has 0 saturated heterocycles. The van der Waals surface area contributed by atoms with E-state index >= 15 is 0 Å². The zero-order valence-electron chi connectivity index (χ0n) is 12.9. The first-order valence-electron chi connectivity index (χ1n) is 7.61. The lowest BCUT2D eigenvalue weighted by atomic mass is 9.92. The van der Waals surface area contributed by atoms with Crippen LogP contribution in [0.3, 0.4) is 0 Å². The van der Waals surface area contributed by atoms with Crippen molar-refractivity contribution in [3.8, 4) is 0 Å². The second-order valence-corrected chi connectivity index (χ2v) is 5.12. The van der Waals surface area contributed by atoms with Crippen molar-refractivity contribution < 1.29 is 9.53 Å². The van der Waals surface area contributed by atoms with Gasteiger partial charge in [0.1, 0.15) is 5.82 Å². The first-order chi connectivity index (χ1) is 9.67. The molecule has 0 aliphatic rings. The summed E-state index contributed by atoms with van der Waals surface area (Å²) in [6.07, 6.45) is 9.90. The molecule has 1 atom stereocenters. The lowest BCUT2D eigenvalue weighted by molar-refractivity contribution is -0.143. The van der Waals surface area contributed by atoms with Crippen molar-refractivity contribution in [2.24, 2.45) is 0 Å². The van der Waals surface area contributed by atoms with Crippen LogP contribution in [0.25, 0.3) is 0 Å². The highest BCUT2D eigenvalue weighted by molar-refractivity contribution is 5.70. The standard InChI is InChI=1S/C16H26N2O2/c1-4-6-7-8-9-14(10-16(19)20-5-2)15-11-17-13(3)18-12-15/h11-12,14H,4-10H2,1-3H3. The van der Waals surface area contributed by atoms with Crippen LogP contribution in [-0.4, -0.2) is 22.5 Å². The van der Waals surface area contributed by atoms with Gasteiger partial charge in [-0.25, -0.2) is 9.97 Å². The fourth-order valence-corrected chi connectivity index (χ4v) is 2.24. The van der Waals surface area contributed by atoms with E-state index < -0.39 is 0 Å². The highest BCUT2D eigenvalue weighted by Crippen LogP contribution is 2.25. The zero-order chi connectivity index (χ0) is 14.8. The van der Waals surface area contributed by atoms with Gasteiger partial charge < -0.3 is 4.74 Å². The molecule has 0 fully saturated rings. The molecule has 0 saturated carbocycles. The SMILES string of the molecule is CCCCCCC(CC(=O)OCC)c1cnc(C)nc1. The number of aryl methyl sites for hydroxylation is 1. The summed E-state index contributed by atoms with van der Waals surface area (Å²) in [5, 5.41) is 0. The van der Waals surface area contributed by atoms with Crippen LogP contribution in [0, 0.1) is 6.92 Å². The van der Waals surface area contributed by atoms with Gasteiger partial charge in [-0.15, -0.1) is 0 Å². The molecule has 0 N–H and O–H groups in total. The first kappa shape index (κ1) is 16.6. The van der Waals surface area contributed by atoms with Crippen molar-refractivity contribution >= 4 is 5.97 Å². The molecule has 4 heteroatoms. The zero-order valence-corrected chi connectivity index (χ0v) is 12.9. The number of rotatable bonds is 9. The molecule has 20 heavy (non-hydrogen) atoms. The number of carbonyl (C=O) groups excluding carboxylic acids is 1. The highest BCUT2D eigenvalue weighted by Gasteiger charge is 2.17. The van der Waals surface area contributed by atoms with Crippen LogP contribution in [0.1, 0.15) is 69.7 Å². The third kappa shape index (κ3) is 6.13. The van der Waals surface area contributed by atoms with Crippen LogP contribution in [-0.2, 0) is 9.53 Å². The summed E-state index contributed by atoms with van der Waals surface area (Å²) in [4.78, 5) is 20.2. The molecular formula is C16H26N2O2. The number of unbranched alkanes of at least 4 members (excludes halogenated alkanes) is 3. The number of esters is 1. The average Bonchev–Trinajstić information content (AvgIpc) is 2.43. The van der Waals surface area contributed by atoms with Crippen molar-refractivity contribution in [2.45, 2.75) is 65.2 Å². The van der Waals surface area contributed by atoms with Crippen LogP contribution in [0.15, 0.2) is 12.4 Å². The molecule has 1 aromatic heterocycles. The first-order valence-corrected chi connectivity index (χ1v) is 7.61. The van der Waals surface area contributed by atoms with E-state index in [1.165, 1.54) is 19.3 Å². The molecule has 0 aliphatic carbocycles. The van der Waals surface area contributed by atoms with Gasteiger partial charge in [0.15, 0.2) is 0 Å². The van der Waals surface area contributed by atoms with E-state index in [9.17, 15) is 4.79 Å². The minimum atomic E-state index is -0.131. The Morgan fingerprint density at radius 3 is 2.50 bits per heavy atom. The number of nitrogens with zero attached hydrogens (tertiary/aromatic N) is 2. The van der Waals surface area contributed by atoms with Gasteiger partial charge >= 0.3 is 5.97 Å². The molecule has 4 nitrogen and oxygen atoms in total. The van der Waals surface area contributed by atoms with E-state index in [0.717, 1.165) is 24.2 Å². The van der Waals surface area contributed by atoms with Crippen LogP contribution >= 0.6 is 0 Å². The summed E-state index contributed by atoms with van der Waals surface area (Å²) in [5.41, 5.74) is 1.04. The number of aromatic nitrogens is 2. The Labute approximate surface area is 122 Å². The maximum absolute atomic E-state index is 11.7. The van der Waals surface area contributed by atoms with Crippen molar-refractivity contribution in [3.63, 3.8) is 0 Å². The fourth-order valence-electron chi connectivity index (χ4n) is 2.24. The normalized spacial score (nSPS) is 12.2. The predicted molar refractivity (Wildman–Crippen MR) is 79.5 cm³/mol. The molecule has 1 aromatic rings. The summed E-state index contributed by atoms with van der Waals surface area (Å²) in [7, 11) is 0. The summed E-state index contributed by atoms with van der Waals surface area (Å²) in [6.45, 7) is 6.34. The third-order valence-electron chi connectivity index (χ3n) is 3.40. The molecule has 112 valence electrons. The Kier molecular flexibility index (Phi) is 7.85. The van der Waals surface area contributed by atoms with Gasteiger partial charge in [-0.05, 0) is 31.7 Å². The van der Waals surface area contributed by atoms with E-state index in [2.05, 4.69) is 16.9 Å². The predicted octanol–water partition coefficient (Wildman–Crippen LogP) is 3.79. The summed E-state index contributed by atoms with van der Waals surface area (Å²) in [5.74, 6) is 0.801. The Balaban J connectivity index is 2.62. The topological polar surface area (TPSA) is 52.1 Å². The van der Waals surface area contributed by atoms with Gasteiger partial charge in [0, 0.05) is 12.4 Å². The molecule has 1 heterocycles. The van der Waals surface area contributed by atoms with E-state index in [0.29, 0.717) is 13.0 Å². The molecule has 0 bridgehead atoms. The summed E-state index contributed by atoms with van der Waals surface area (Å²) in [6, 6.07) is 0. The van der Waals surface area contributed by atoms with Crippen molar-refractivity contribution in [2.75, 3.05) is 6.61 Å². The van der Waals surface area contributed by atoms with Gasteiger partial charge in [-0.3, -0.25) is 4.79 Å². The number of hydrogen-bond acceptors (Lipinski definition) is 4. The van der Waals surface area contributed by atoms with Gasteiger partial charge in [0.2, 0.25) is 0 Å². The fraction of sp³-hybridized carbons (Fsp3) is 0.688. The second kappa shape index (κ2) is 9.45. The molecule has 0 aliphatic heterocycles. The number of ether oxygens (including phenoxy) is 1. The van der Waals surface area contributed by atoms with Gasteiger partial charge in [-0.1, -0.05) is 32.6 Å². The smallest absolute Gasteiger partial charge is 0.306 e. The molecule has 0 radical (unpaired) electrons. The van der Waals surface area contributed by atoms with E-state index in [1.807, 2.05) is 26.2 Å². The molecule has 1 unspecified atom stereocenters. The van der Waals surface area contributed by atoms with Crippen molar-refractivity contribution in [1.29, 1.82) is 0 Å². The third-order valence-corrected chi connectivity index (χ3v) is 3.40. The lowest BCUT2D eigenvalue weighted by Gasteiger charge is -2.16. The lowest BCUT2D eigenvalue weighted by Crippen LogP contribution is -2.11. The Morgan fingerprint density at radius 1 is 1.20 bits per heavy atom. The van der Waals surface area contributed by atoms with Crippen molar-refractivity contribution in [1.82, 2.24) is 9.97 Å². The molecule has 1 rings (SSSR count). The highest BCUT2D eigenvalue weighted by atomic mass is 16.5. The van der Waals surface area contributed by atoms with Crippen LogP contribution in [0.5, 0.6) is 0 Å². The maximum atomic E-state index is 11.7. The van der Waals surface area contributed by atoms with Gasteiger partial charge in [-0.2, -0.15) is 0 Å². The summed E-state index contributed by atoms with van der Waals surface area (Å²) < 4.78 is 5.07. The number of carbonyl (C=O) groups is 1. The van der Waals surface area contributed by atoms with E-state index in [-0.39, 0.29) is 11.9 Å². The Hall–Kier alpha value is -1.45. The number of hydrogen-bond donors (Lipinski definition) is 0. The Bertz CT molecular complexity index is 390. The Morgan fingerprint density at radius 2 is 1.90 bits per heavy atom. The van der Waals surface area contributed by atoms with Gasteiger partial charge in [0.25, 0.3) is 0 Å². The maximum Gasteiger partial charge on any atom is 0.306 e. The minimum absolute atomic E-state index is 0.131. The van der Waals surface area contributed by atoms with E-state index in [4.69, 9.17) is 4.74 Å². The second-order valence-electron chi connectivity index (χ2n) is 5.12. The van der Waals surface area contributed by atoms with Crippen LogP contribution in [0.4, 0.5) is 0 Å². The van der Waals surface area contributed by atoms with Crippen molar-refractivity contribution in [3.05, 3.63) is 23.8 Å². The monoisotopic (exact) mass is 278 g/mol. The average molecular weight is 278 g/mol. The molecular weight excluding hydrogens is 252 g/mol. The molecule has 0 spiro atoms. The quantitative estimate of drug-likeness (QED) is 0.509. The van der Waals surface area contributed by atoms with Crippen LogP contribution < -0.4 is 0 Å². The molecule has 0 aromatic carbocycles. The molecule has 0 amide bonds. The van der Waals surface area contributed by atoms with Gasteiger partial charge in [0.05, 0.1) is 13.0 Å². The van der Waals surface area contributed by atoms with E-state index in [1.54, 1.807) is 0 Å². The minimum Gasteiger partial charge on any atom is -0.466 e. The largest absolute Gasteiger partial charge is 0.466 e. The summed E-state index contributed by atoms with van der Waals surface area (Å²) >= 11 is 0.